The number of nitrogens with zero attached hydrogens (tertiary/aromatic N) is 1. The summed E-state index contributed by atoms with van der Waals surface area (Å²) in [7, 11) is 0. The molecule has 0 aliphatic heterocycles. The van der Waals surface area contributed by atoms with Gasteiger partial charge in [0, 0.05) is 5.56 Å². The molecule has 0 atom stereocenters. The fourth-order valence-electron chi connectivity index (χ4n) is 2.09. The molecule has 0 heterocycles. The zero-order valence-corrected chi connectivity index (χ0v) is 12.2. The highest BCUT2D eigenvalue weighted by molar-refractivity contribution is 5.13. The van der Waals surface area contributed by atoms with E-state index in [1.54, 1.807) is 0 Å². The van der Waals surface area contributed by atoms with Crippen LogP contribution in [0.4, 0.5) is 0 Å². The first-order valence-electron chi connectivity index (χ1n) is 5.87. The van der Waals surface area contributed by atoms with Crippen molar-refractivity contribution in [3.8, 4) is 0 Å². The van der Waals surface area contributed by atoms with Crippen LogP contribution in [0.3, 0.4) is 0 Å². The summed E-state index contributed by atoms with van der Waals surface area (Å²) in [5.74, 6) is 0. The van der Waals surface area contributed by atoms with E-state index in [9.17, 15) is 0 Å². The topological polar surface area (TPSA) is 0 Å². The Morgan fingerprint density at radius 2 is 1.59 bits per heavy atom. The number of quaternary nitrogens is 1. The van der Waals surface area contributed by atoms with Crippen molar-refractivity contribution >= 4 is 0 Å². The molecule has 0 unspecified atom stereocenters. The first-order chi connectivity index (χ1) is 7.76. The molecule has 0 saturated carbocycles. The quantitative estimate of drug-likeness (QED) is 0.505. The van der Waals surface area contributed by atoms with E-state index in [2.05, 4.69) is 50.4 Å². The summed E-state index contributed by atoms with van der Waals surface area (Å²) in [6, 6.07) is 10.6. The molecule has 0 bridgehead atoms. The molecule has 0 fully saturated rings. The van der Waals surface area contributed by atoms with E-state index in [-0.39, 0.29) is 17.0 Å². The molecule has 0 aliphatic rings. The van der Waals surface area contributed by atoms with Crippen molar-refractivity contribution in [1.29, 1.82) is 0 Å². The van der Waals surface area contributed by atoms with Crippen LogP contribution in [0.5, 0.6) is 0 Å². The summed E-state index contributed by atoms with van der Waals surface area (Å²) in [6.45, 7) is 14.1. The smallest absolute Gasteiger partial charge is 0.105 e. The number of rotatable bonds is 7. The Kier molecular flexibility index (Phi) is 7.85. The molecule has 94 valence electrons. The Balaban J connectivity index is 0.00000256. The Hall–Kier alpha value is -0.860. The highest BCUT2D eigenvalue weighted by Gasteiger charge is 2.22. The average molecular weight is 296 g/mol. The molecule has 0 aromatic heterocycles. The normalized spacial score (nSPS) is 10.4. The highest BCUT2D eigenvalue weighted by Crippen LogP contribution is 2.14. The molecule has 0 radical (unpaired) electrons. The maximum atomic E-state index is 3.87. The Labute approximate surface area is 116 Å². The molecule has 0 saturated heterocycles. The zero-order valence-electron chi connectivity index (χ0n) is 10.6. The Morgan fingerprint density at radius 3 is 2.00 bits per heavy atom. The second-order valence-electron chi connectivity index (χ2n) is 4.24. The first-order valence-corrected chi connectivity index (χ1v) is 5.87. The van der Waals surface area contributed by atoms with Crippen molar-refractivity contribution in [3.05, 3.63) is 61.2 Å². The van der Waals surface area contributed by atoms with Gasteiger partial charge in [-0.25, -0.2) is 0 Å². The second-order valence-corrected chi connectivity index (χ2v) is 4.24. The van der Waals surface area contributed by atoms with Crippen LogP contribution in [0.2, 0.25) is 0 Å². The summed E-state index contributed by atoms with van der Waals surface area (Å²) in [5, 5.41) is 0. The molecule has 2 heteroatoms. The largest absolute Gasteiger partial charge is 1.00 e. The predicted octanol–water partition coefficient (Wildman–Crippen LogP) is 0.399. The third-order valence-corrected chi connectivity index (χ3v) is 3.06. The Bertz CT molecular complexity index is 322. The molecule has 0 spiro atoms. The van der Waals surface area contributed by atoms with E-state index in [0.29, 0.717) is 0 Å². The van der Waals surface area contributed by atoms with E-state index < -0.39 is 0 Å². The molecule has 0 amide bonds. The maximum Gasteiger partial charge on any atom is 0.105 e. The van der Waals surface area contributed by atoms with Crippen LogP contribution < -0.4 is 17.0 Å². The van der Waals surface area contributed by atoms with Crippen molar-refractivity contribution in [2.24, 2.45) is 0 Å². The minimum absolute atomic E-state index is 0. The van der Waals surface area contributed by atoms with E-state index in [4.69, 9.17) is 0 Å². The highest BCUT2D eigenvalue weighted by atomic mass is 79.9. The van der Waals surface area contributed by atoms with Crippen LogP contribution in [0.15, 0.2) is 55.6 Å². The van der Waals surface area contributed by atoms with Crippen molar-refractivity contribution < 1.29 is 21.5 Å². The van der Waals surface area contributed by atoms with Gasteiger partial charge in [0.15, 0.2) is 0 Å². The zero-order chi connectivity index (χ0) is 11.9. The molecule has 1 aromatic carbocycles. The van der Waals surface area contributed by atoms with E-state index >= 15 is 0 Å². The van der Waals surface area contributed by atoms with Gasteiger partial charge < -0.3 is 21.5 Å². The van der Waals surface area contributed by atoms with Gasteiger partial charge in [0.2, 0.25) is 0 Å². The maximum absolute atomic E-state index is 3.87. The first kappa shape index (κ1) is 16.1. The molecule has 1 aromatic rings. The Morgan fingerprint density at radius 1 is 1.06 bits per heavy atom. The van der Waals surface area contributed by atoms with E-state index in [1.807, 2.05) is 12.2 Å². The average Bonchev–Trinajstić information content (AvgIpc) is 2.31. The minimum atomic E-state index is 0. The van der Waals surface area contributed by atoms with E-state index in [1.165, 1.54) is 5.56 Å². The molecule has 1 nitrogen and oxygen atoms in total. The molecule has 17 heavy (non-hydrogen) atoms. The third-order valence-electron chi connectivity index (χ3n) is 3.06. The van der Waals surface area contributed by atoms with Crippen LogP contribution in [0, 0.1) is 0 Å². The van der Waals surface area contributed by atoms with Crippen LogP contribution >= 0.6 is 0 Å². The predicted molar refractivity (Wildman–Crippen MR) is 71.1 cm³/mol. The number of benzene rings is 1. The SMILES string of the molecule is C=CC[N+](CC)(CC=C)Cc1ccccc1.[Br-]. The van der Waals surface area contributed by atoms with Gasteiger partial charge in [0.05, 0.1) is 19.6 Å². The summed E-state index contributed by atoms with van der Waals surface area (Å²) in [5.41, 5.74) is 1.38. The second kappa shape index (κ2) is 8.26. The van der Waals surface area contributed by atoms with Crippen molar-refractivity contribution in [1.82, 2.24) is 0 Å². The van der Waals surface area contributed by atoms with Crippen LogP contribution in [0.1, 0.15) is 12.5 Å². The van der Waals surface area contributed by atoms with Gasteiger partial charge in [-0.1, -0.05) is 43.5 Å². The molecule has 0 aliphatic carbocycles. The minimum Gasteiger partial charge on any atom is -1.00 e. The lowest BCUT2D eigenvalue weighted by Gasteiger charge is -2.36. The fourth-order valence-corrected chi connectivity index (χ4v) is 2.09. The molecule has 0 N–H and O–H groups in total. The van der Waals surface area contributed by atoms with Crippen molar-refractivity contribution in [2.75, 3.05) is 19.6 Å². The summed E-state index contributed by atoms with van der Waals surface area (Å²) >= 11 is 0. The van der Waals surface area contributed by atoms with Crippen LogP contribution in [-0.2, 0) is 6.54 Å². The van der Waals surface area contributed by atoms with Gasteiger partial charge in [-0.15, -0.1) is 0 Å². The third kappa shape index (κ3) is 4.88. The summed E-state index contributed by atoms with van der Waals surface area (Å²) in [6.07, 6.45) is 4.02. The van der Waals surface area contributed by atoms with E-state index in [0.717, 1.165) is 30.7 Å². The fraction of sp³-hybridized carbons (Fsp3) is 0.333. The lowest BCUT2D eigenvalue weighted by molar-refractivity contribution is -0.928. The standard InChI is InChI=1S/C15H22N.BrH/c1-4-12-16(6-3,13-5-2)14-15-10-8-7-9-11-15;/h4-5,7-11H,1-2,6,12-14H2,3H3;1H/q+1;/p-1. The lowest BCUT2D eigenvalue weighted by atomic mass is 10.1. The summed E-state index contributed by atoms with van der Waals surface area (Å²) < 4.78 is 1.01. The van der Waals surface area contributed by atoms with Crippen LogP contribution in [-0.4, -0.2) is 24.1 Å². The lowest BCUT2D eigenvalue weighted by Crippen LogP contribution is -3.00. The van der Waals surface area contributed by atoms with Gasteiger partial charge in [-0.3, -0.25) is 0 Å². The number of likely N-dealkylation sites (N-methyl/N-ethyl adjacent to an activating group) is 1. The van der Waals surface area contributed by atoms with Gasteiger partial charge in [0.25, 0.3) is 0 Å². The van der Waals surface area contributed by atoms with Crippen LogP contribution in [0.25, 0.3) is 0 Å². The summed E-state index contributed by atoms with van der Waals surface area (Å²) in [4.78, 5) is 0. The van der Waals surface area contributed by atoms with Crippen molar-refractivity contribution in [3.63, 3.8) is 0 Å². The number of halogens is 1. The van der Waals surface area contributed by atoms with Gasteiger partial charge >= 0.3 is 0 Å². The van der Waals surface area contributed by atoms with Gasteiger partial charge in [0.1, 0.15) is 6.54 Å². The van der Waals surface area contributed by atoms with Gasteiger partial charge in [-0.2, -0.15) is 0 Å². The number of hydrogen-bond donors (Lipinski definition) is 0. The molecular weight excluding hydrogens is 274 g/mol. The molecular formula is C15H22BrN. The van der Waals surface area contributed by atoms with Gasteiger partial charge in [-0.05, 0) is 19.1 Å². The molecule has 1 rings (SSSR count). The van der Waals surface area contributed by atoms with Crippen molar-refractivity contribution in [2.45, 2.75) is 13.5 Å². The number of hydrogen-bond acceptors (Lipinski definition) is 0. The monoisotopic (exact) mass is 295 g/mol.